The third-order valence-electron chi connectivity index (χ3n) is 2.71. The van der Waals surface area contributed by atoms with E-state index in [1.165, 1.54) is 6.33 Å². The van der Waals surface area contributed by atoms with Crippen molar-refractivity contribution in [2.45, 2.75) is 26.3 Å². The first-order valence-corrected chi connectivity index (χ1v) is 6.87. The van der Waals surface area contributed by atoms with E-state index < -0.39 is 0 Å². The Labute approximate surface area is 121 Å². The van der Waals surface area contributed by atoms with Gasteiger partial charge >= 0.3 is 0 Å². The van der Waals surface area contributed by atoms with Crippen molar-refractivity contribution >= 4 is 15.9 Å². The lowest BCUT2D eigenvalue weighted by Gasteiger charge is -2.11. The number of ether oxygens (including phenoxy) is 1. The molecule has 2 aromatic rings. The second-order valence-corrected chi connectivity index (χ2v) is 5.41. The number of nitrogens with zero attached hydrogens (tertiary/aromatic N) is 2. The maximum Gasteiger partial charge on any atom is 0.222 e. The lowest BCUT2D eigenvalue weighted by Crippen LogP contribution is -2.01. The molecule has 0 fully saturated rings. The van der Waals surface area contributed by atoms with E-state index in [9.17, 15) is 0 Å². The first-order chi connectivity index (χ1) is 9.10. The minimum atomic E-state index is 0.337. The van der Waals surface area contributed by atoms with Crippen LogP contribution in [0.5, 0.6) is 11.6 Å². The minimum absolute atomic E-state index is 0.337. The number of hydrogen-bond acceptors (Lipinski definition) is 4. The molecule has 1 aromatic heterocycles. The van der Waals surface area contributed by atoms with Crippen LogP contribution < -0.4 is 10.5 Å². The van der Waals surface area contributed by atoms with E-state index in [1.807, 2.05) is 24.3 Å². The molecule has 0 unspecified atom stereocenters. The number of nitrogens with two attached hydrogens (primary N) is 1. The van der Waals surface area contributed by atoms with Crippen molar-refractivity contribution in [3.63, 3.8) is 0 Å². The molecule has 1 heterocycles. The monoisotopic (exact) mass is 321 g/mol. The fourth-order valence-corrected chi connectivity index (χ4v) is 2.05. The van der Waals surface area contributed by atoms with Crippen LogP contribution in [0.1, 0.15) is 31.0 Å². The summed E-state index contributed by atoms with van der Waals surface area (Å²) >= 11 is 3.42. The van der Waals surface area contributed by atoms with Crippen LogP contribution in [0.25, 0.3) is 0 Å². The molecule has 100 valence electrons. The molecule has 0 spiro atoms. The summed E-state index contributed by atoms with van der Waals surface area (Å²) < 4.78 is 6.77. The van der Waals surface area contributed by atoms with Gasteiger partial charge in [-0.3, -0.25) is 0 Å². The van der Waals surface area contributed by atoms with E-state index in [0.29, 0.717) is 18.3 Å². The van der Waals surface area contributed by atoms with Gasteiger partial charge in [0.15, 0.2) is 0 Å². The summed E-state index contributed by atoms with van der Waals surface area (Å²) in [5, 5.41) is 0. The Kier molecular flexibility index (Phi) is 4.50. The second-order valence-electron chi connectivity index (χ2n) is 4.49. The van der Waals surface area contributed by atoms with Gasteiger partial charge in [-0.2, -0.15) is 0 Å². The van der Waals surface area contributed by atoms with Gasteiger partial charge in [-0.25, -0.2) is 9.97 Å². The Morgan fingerprint density at radius 3 is 2.74 bits per heavy atom. The van der Waals surface area contributed by atoms with Crippen LogP contribution >= 0.6 is 15.9 Å². The highest BCUT2D eigenvalue weighted by molar-refractivity contribution is 9.10. The van der Waals surface area contributed by atoms with Gasteiger partial charge in [0.05, 0.1) is 5.69 Å². The molecular formula is C14H16BrN3O. The third-order valence-corrected chi connectivity index (χ3v) is 3.20. The van der Waals surface area contributed by atoms with Gasteiger partial charge < -0.3 is 10.5 Å². The summed E-state index contributed by atoms with van der Waals surface area (Å²) in [5.41, 5.74) is 7.60. The highest BCUT2D eigenvalue weighted by Crippen LogP contribution is 2.27. The molecule has 0 amide bonds. The van der Waals surface area contributed by atoms with Crippen molar-refractivity contribution in [2.24, 2.45) is 5.73 Å². The van der Waals surface area contributed by atoms with Crippen molar-refractivity contribution in [3.05, 3.63) is 46.3 Å². The average molecular weight is 322 g/mol. The zero-order valence-electron chi connectivity index (χ0n) is 10.9. The summed E-state index contributed by atoms with van der Waals surface area (Å²) in [7, 11) is 0. The van der Waals surface area contributed by atoms with E-state index in [4.69, 9.17) is 10.5 Å². The van der Waals surface area contributed by atoms with Crippen LogP contribution in [0.4, 0.5) is 0 Å². The summed E-state index contributed by atoms with van der Waals surface area (Å²) in [6.45, 7) is 4.57. The summed E-state index contributed by atoms with van der Waals surface area (Å²) in [6.07, 6.45) is 1.52. The Bertz CT molecular complexity index is 572. The van der Waals surface area contributed by atoms with Gasteiger partial charge in [0.2, 0.25) is 5.88 Å². The second kappa shape index (κ2) is 6.12. The van der Waals surface area contributed by atoms with E-state index in [0.717, 1.165) is 21.5 Å². The molecule has 0 saturated carbocycles. The quantitative estimate of drug-likeness (QED) is 0.934. The van der Waals surface area contributed by atoms with Gasteiger partial charge in [0, 0.05) is 22.6 Å². The van der Waals surface area contributed by atoms with E-state index >= 15 is 0 Å². The lowest BCUT2D eigenvalue weighted by molar-refractivity contribution is 0.454. The van der Waals surface area contributed by atoms with Crippen molar-refractivity contribution in [2.75, 3.05) is 0 Å². The molecule has 4 nitrogen and oxygen atoms in total. The maximum atomic E-state index is 5.79. The molecule has 2 rings (SSSR count). The number of hydrogen-bond donors (Lipinski definition) is 1. The standard InChI is InChI=1S/C14H16BrN3O/c1-9(2)12-6-14(18-8-17-12)19-13-4-3-11(15)5-10(13)7-16/h3-6,8-9H,7,16H2,1-2H3. The van der Waals surface area contributed by atoms with Gasteiger partial charge in [-0.05, 0) is 24.1 Å². The summed E-state index contributed by atoms with van der Waals surface area (Å²) in [5.74, 6) is 1.60. The van der Waals surface area contributed by atoms with Gasteiger partial charge in [-0.15, -0.1) is 0 Å². The molecular weight excluding hydrogens is 306 g/mol. The van der Waals surface area contributed by atoms with Crippen LogP contribution in [-0.4, -0.2) is 9.97 Å². The number of benzene rings is 1. The van der Waals surface area contributed by atoms with E-state index in [2.05, 4.69) is 39.7 Å². The minimum Gasteiger partial charge on any atom is -0.439 e. The zero-order chi connectivity index (χ0) is 13.8. The van der Waals surface area contributed by atoms with Crippen LogP contribution in [0.15, 0.2) is 35.1 Å². The van der Waals surface area contributed by atoms with Gasteiger partial charge in [0.25, 0.3) is 0 Å². The van der Waals surface area contributed by atoms with Crippen LogP contribution in [0, 0.1) is 0 Å². The molecule has 0 aliphatic heterocycles. The fourth-order valence-electron chi connectivity index (χ4n) is 1.64. The molecule has 0 saturated heterocycles. The smallest absolute Gasteiger partial charge is 0.222 e. The van der Waals surface area contributed by atoms with E-state index in [-0.39, 0.29) is 0 Å². The first-order valence-electron chi connectivity index (χ1n) is 6.08. The summed E-state index contributed by atoms with van der Waals surface area (Å²) in [4.78, 5) is 8.34. The van der Waals surface area contributed by atoms with Gasteiger partial charge in [0.1, 0.15) is 12.1 Å². The largest absolute Gasteiger partial charge is 0.439 e. The Balaban J connectivity index is 2.28. The van der Waals surface area contributed by atoms with Crippen molar-refractivity contribution < 1.29 is 4.74 Å². The molecule has 0 atom stereocenters. The van der Waals surface area contributed by atoms with Crippen molar-refractivity contribution in [1.82, 2.24) is 9.97 Å². The Morgan fingerprint density at radius 2 is 2.05 bits per heavy atom. The SMILES string of the molecule is CC(C)c1cc(Oc2ccc(Br)cc2CN)ncn1. The maximum absolute atomic E-state index is 5.79. The van der Waals surface area contributed by atoms with Gasteiger partial charge in [-0.1, -0.05) is 29.8 Å². The first kappa shape index (κ1) is 14.0. The third kappa shape index (κ3) is 3.52. The highest BCUT2D eigenvalue weighted by Gasteiger charge is 2.08. The topological polar surface area (TPSA) is 61.0 Å². The average Bonchev–Trinajstić information content (AvgIpc) is 2.41. The van der Waals surface area contributed by atoms with Crippen LogP contribution in [0.2, 0.25) is 0 Å². The lowest BCUT2D eigenvalue weighted by atomic mass is 10.1. The summed E-state index contributed by atoms with van der Waals surface area (Å²) in [6, 6.07) is 7.59. The zero-order valence-corrected chi connectivity index (χ0v) is 12.5. The number of rotatable bonds is 4. The predicted molar refractivity (Wildman–Crippen MR) is 78.2 cm³/mol. The van der Waals surface area contributed by atoms with Crippen molar-refractivity contribution in [1.29, 1.82) is 0 Å². The number of aromatic nitrogens is 2. The number of halogens is 1. The predicted octanol–water partition coefficient (Wildman–Crippen LogP) is 3.61. The van der Waals surface area contributed by atoms with Crippen molar-refractivity contribution in [3.8, 4) is 11.6 Å². The highest BCUT2D eigenvalue weighted by atomic mass is 79.9. The molecule has 19 heavy (non-hydrogen) atoms. The molecule has 2 N–H and O–H groups in total. The van der Waals surface area contributed by atoms with E-state index in [1.54, 1.807) is 0 Å². The molecule has 0 radical (unpaired) electrons. The molecule has 0 bridgehead atoms. The molecule has 1 aromatic carbocycles. The van der Waals surface area contributed by atoms with Crippen LogP contribution in [-0.2, 0) is 6.54 Å². The normalized spacial score (nSPS) is 10.8. The molecule has 0 aliphatic rings. The fraction of sp³-hybridized carbons (Fsp3) is 0.286. The van der Waals surface area contributed by atoms with Crippen LogP contribution in [0.3, 0.4) is 0 Å². The molecule has 0 aliphatic carbocycles. The Hall–Kier alpha value is -1.46. The Morgan fingerprint density at radius 1 is 1.26 bits per heavy atom. The molecule has 5 heteroatoms.